The summed E-state index contributed by atoms with van der Waals surface area (Å²) in [5, 5.41) is 1.30. The lowest BCUT2D eigenvalue weighted by atomic mass is 10.1. The molecular weight excluding hydrogens is 310 g/mol. The monoisotopic (exact) mass is 325 g/mol. The van der Waals surface area contributed by atoms with E-state index in [2.05, 4.69) is 0 Å². The lowest BCUT2D eigenvalue weighted by Gasteiger charge is -2.03. The number of benzene rings is 2. The van der Waals surface area contributed by atoms with E-state index < -0.39 is 0 Å². The third-order valence-electron chi connectivity index (χ3n) is 3.84. The van der Waals surface area contributed by atoms with Gasteiger partial charge in [-0.15, -0.1) is 0 Å². The second-order valence-corrected chi connectivity index (χ2v) is 5.54. The van der Waals surface area contributed by atoms with Crippen LogP contribution < -0.4 is 4.74 Å². The average molecular weight is 326 g/mol. The van der Waals surface area contributed by atoms with E-state index in [1.54, 1.807) is 13.2 Å². The van der Waals surface area contributed by atoms with Crippen LogP contribution in [0.15, 0.2) is 54.6 Å². The second kappa shape index (κ2) is 6.31. The van der Waals surface area contributed by atoms with Crippen molar-refractivity contribution in [3.63, 3.8) is 0 Å². The van der Waals surface area contributed by atoms with Gasteiger partial charge in [0.25, 0.3) is 0 Å². The van der Waals surface area contributed by atoms with E-state index in [0.29, 0.717) is 10.7 Å². The van der Waals surface area contributed by atoms with E-state index in [0.717, 1.165) is 22.2 Å². The molecule has 1 aromatic heterocycles. The number of halogens is 1. The van der Waals surface area contributed by atoms with Gasteiger partial charge >= 0.3 is 0 Å². The minimum absolute atomic E-state index is 0.127. The number of allylic oxidation sites excluding steroid dienone is 1. The van der Waals surface area contributed by atoms with Crippen molar-refractivity contribution in [1.29, 1.82) is 0 Å². The van der Waals surface area contributed by atoms with Crippen molar-refractivity contribution in [3.8, 4) is 5.75 Å². The molecule has 2 aromatic carbocycles. The van der Waals surface area contributed by atoms with E-state index >= 15 is 0 Å². The molecule has 3 rings (SSSR count). The fourth-order valence-electron chi connectivity index (χ4n) is 2.65. The van der Waals surface area contributed by atoms with E-state index in [-0.39, 0.29) is 5.78 Å². The highest BCUT2D eigenvalue weighted by atomic mass is 35.5. The van der Waals surface area contributed by atoms with Crippen molar-refractivity contribution in [2.45, 2.75) is 0 Å². The highest BCUT2D eigenvalue weighted by Crippen LogP contribution is 2.30. The Morgan fingerprint density at radius 1 is 1.13 bits per heavy atom. The second-order valence-electron chi connectivity index (χ2n) is 5.18. The smallest absolute Gasteiger partial charge is 0.189 e. The highest BCUT2D eigenvalue weighted by molar-refractivity contribution is 6.36. The van der Waals surface area contributed by atoms with Crippen molar-refractivity contribution < 1.29 is 9.53 Å². The molecule has 0 aliphatic carbocycles. The Labute approximate surface area is 139 Å². The number of ketones is 1. The van der Waals surface area contributed by atoms with Gasteiger partial charge in [0.15, 0.2) is 5.78 Å². The van der Waals surface area contributed by atoms with Crippen LogP contribution in [0.4, 0.5) is 0 Å². The third-order valence-corrected chi connectivity index (χ3v) is 4.28. The van der Waals surface area contributed by atoms with Crippen molar-refractivity contribution >= 4 is 34.4 Å². The number of aromatic nitrogens is 1. The maximum absolute atomic E-state index is 12.6. The number of para-hydroxylation sites is 2. The maximum Gasteiger partial charge on any atom is 0.189 e. The summed E-state index contributed by atoms with van der Waals surface area (Å²) < 4.78 is 7.11. The van der Waals surface area contributed by atoms with Crippen LogP contribution in [0, 0.1) is 0 Å². The first-order valence-electron chi connectivity index (χ1n) is 7.22. The zero-order valence-electron chi connectivity index (χ0n) is 12.9. The predicted molar refractivity (Wildman–Crippen MR) is 94.3 cm³/mol. The molecule has 0 bridgehead atoms. The lowest BCUT2D eigenvalue weighted by molar-refractivity contribution is 0.104. The Balaban J connectivity index is 2.02. The summed E-state index contributed by atoms with van der Waals surface area (Å²) in [6.45, 7) is 0. The van der Waals surface area contributed by atoms with E-state index in [4.69, 9.17) is 16.3 Å². The number of rotatable bonds is 4. The van der Waals surface area contributed by atoms with Gasteiger partial charge in [-0.2, -0.15) is 0 Å². The van der Waals surface area contributed by atoms with Gasteiger partial charge in [0.2, 0.25) is 0 Å². The fourth-order valence-corrected chi connectivity index (χ4v) is 2.94. The maximum atomic E-state index is 12.6. The molecule has 0 amide bonds. The molecule has 0 spiro atoms. The number of fused-ring (bicyclic) bond motifs is 1. The predicted octanol–water partition coefficient (Wildman–Crippen LogP) is 4.74. The third kappa shape index (κ3) is 2.76. The summed E-state index contributed by atoms with van der Waals surface area (Å²) in [4.78, 5) is 12.6. The molecule has 0 atom stereocenters. The molecule has 0 N–H and O–H groups in total. The molecule has 0 aliphatic heterocycles. The van der Waals surface area contributed by atoms with Crippen LogP contribution in [0.3, 0.4) is 0 Å². The lowest BCUT2D eigenvalue weighted by Crippen LogP contribution is -1.95. The Morgan fingerprint density at radius 3 is 2.61 bits per heavy atom. The summed E-state index contributed by atoms with van der Waals surface area (Å²) in [6, 6.07) is 15.2. The SMILES string of the molecule is COc1ccccc1C=CC(=O)c1c(Cl)n(C)c2ccccc12. The van der Waals surface area contributed by atoms with Gasteiger partial charge in [-0.1, -0.05) is 48.0 Å². The van der Waals surface area contributed by atoms with Gasteiger partial charge in [-0.3, -0.25) is 4.79 Å². The minimum atomic E-state index is -0.127. The van der Waals surface area contributed by atoms with Crippen LogP contribution in [0.5, 0.6) is 5.75 Å². The number of hydrogen-bond acceptors (Lipinski definition) is 2. The molecule has 0 fully saturated rings. The topological polar surface area (TPSA) is 31.2 Å². The molecule has 3 aromatic rings. The van der Waals surface area contributed by atoms with Crippen molar-refractivity contribution in [1.82, 2.24) is 4.57 Å². The molecule has 0 saturated heterocycles. The van der Waals surface area contributed by atoms with Crippen LogP contribution >= 0.6 is 11.6 Å². The molecule has 0 aliphatic rings. The molecule has 1 heterocycles. The van der Waals surface area contributed by atoms with Crippen molar-refractivity contribution in [2.75, 3.05) is 7.11 Å². The Kier molecular flexibility index (Phi) is 4.22. The number of carbonyl (C=O) groups excluding carboxylic acids is 1. The van der Waals surface area contributed by atoms with Gasteiger partial charge in [-0.05, 0) is 24.3 Å². The average Bonchev–Trinajstić information content (AvgIpc) is 2.84. The number of aryl methyl sites for hydroxylation is 1. The Bertz CT molecular complexity index is 909. The molecule has 0 unspecified atom stereocenters. The standard InChI is InChI=1S/C19H16ClNO2/c1-21-15-9-5-4-8-14(15)18(19(21)20)16(22)12-11-13-7-3-6-10-17(13)23-2/h3-12H,1-2H3. The van der Waals surface area contributed by atoms with Crippen LogP contribution in [-0.2, 0) is 7.05 Å². The molecular formula is C19H16ClNO2. The first kappa shape index (κ1) is 15.4. The molecule has 23 heavy (non-hydrogen) atoms. The van der Waals surface area contributed by atoms with Gasteiger partial charge in [0, 0.05) is 23.5 Å². The van der Waals surface area contributed by atoms with Crippen LogP contribution in [0.25, 0.3) is 17.0 Å². The first-order valence-corrected chi connectivity index (χ1v) is 7.59. The van der Waals surface area contributed by atoms with Crippen molar-refractivity contribution in [2.24, 2.45) is 7.05 Å². The quantitative estimate of drug-likeness (QED) is 0.512. The van der Waals surface area contributed by atoms with Gasteiger partial charge in [0.1, 0.15) is 10.9 Å². The zero-order chi connectivity index (χ0) is 16.4. The minimum Gasteiger partial charge on any atom is -0.496 e. The molecule has 116 valence electrons. The van der Waals surface area contributed by atoms with Crippen molar-refractivity contribution in [3.05, 3.63) is 70.9 Å². The van der Waals surface area contributed by atoms with E-state index in [9.17, 15) is 4.79 Å². The summed E-state index contributed by atoms with van der Waals surface area (Å²) in [5.74, 6) is 0.596. The fraction of sp³-hybridized carbons (Fsp3) is 0.105. The van der Waals surface area contributed by atoms with E-state index in [1.807, 2.05) is 60.1 Å². The number of carbonyl (C=O) groups is 1. The summed E-state index contributed by atoms with van der Waals surface area (Å²) in [5.41, 5.74) is 2.31. The van der Waals surface area contributed by atoms with Gasteiger partial charge in [-0.25, -0.2) is 0 Å². The zero-order valence-corrected chi connectivity index (χ0v) is 13.7. The number of hydrogen-bond donors (Lipinski definition) is 0. The normalized spacial score (nSPS) is 11.3. The number of methoxy groups -OCH3 is 1. The summed E-state index contributed by atoms with van der Waals surface area (Å²) in [7, 11) is 3.46. The van der Waals surface area contributed by atoms with Crippen LogP contribution in [0.2, 0.25) is 5.15 Å². The molecule has 3 nitrogen and oxygen atoms in total. The van der Waals surface area contributed by atoms with Gasteiger partial charge in [0.05, 0.1) is 12.7 Å². The molecule has 4 heteroatoms. The summed E-state index contributed by atoms with van der Waals surface area (Å²) >= 11 is 6.36. The van der Waals surface area contributed by atoms with Crippen LogP contribution in [-0.4, -0.2) is 17.5 Å². The first-order chi connectivity index (χ1) is 11.1. The number of ether oxygens (including phenoxy) is 1. The Morgan fingerprint density at radius 2 is 1.83 bits per heavy atom. The largest absolute Gasteiger partial charge is 0.496 e. The van der Waals surface area contributed by atoms with Crippen LogP contribution in [0.1, 0.15) is 15.9 Å². The molecule has 0 radical (unpaired) electrons. The number of nitrogens with zero attached hydrogens (tertiary/aromatic N) is 1. The summed E-state index contributed by atoms with van der Waals surface area (Å²) in [6.07, 6.45) is 3.28. The Hall–Kier alpha value is -2.52. The molecule has 0 saturated carbocycles. The van der Waals surface area contributed by atoms with Gasteiger partial charge < -0.3 is 9.30 Å². The van der Waals surface area contributed by atoms with E-state index in [1.165, 1.54) is 6.08 Å². The highest BCUT2D eigenvalue weighted by Gasteiger charge is 2.17.